The third-order valence-electron chi connectivity index (χ3n) is 13.7. The number of ether oxygens (including phenoxy) is 5. The van der Waals surface area contributed by atoms with Crippen LogP contribution >= 0.6 is 0 Å². The van der Waals surface area contributed by atoms with E-state index >= 15 is 0 Å². The average Bonchev–Trinajstić information content (AvgIpc) is 3.37. The van der Waals surface area contributed by atoms with Gasteiger partial charge in [-0.15, -0.1) is 0 Å². The molecule has 1 heterocycles. The number of rotatable bonds is 51. The average molecular weight is 1030 g/mol. The monoisotopic (exact) mass is 1030 g/mol. The number of aliphatic hydroxyl groups excluding tert-OH is 2. The highest BCUT2D eigenvalue weighted by atomic mass is 16.7. The second-order valence-electron chi connectivity index (χ2n) is 20.6. The minimum absolute atomic E-state index is 0.0287. The number of hydrogen-bond donors (Lipinski definition) is 3. The van der Waals surface area contributed by atoms with E-state index in [1.165, 1.54) is 141 Å². The fourth-order valence-corrected chi connectivity index (χ4v) is 9.15. The molecule has 1 rings (SSSR count). The predicted octanol–water partition coefficient (Wildman–Crippen LogP) is 15.2. The van der Waals surface area contributed by atoms with Crippen molar-refractivity contribution in [1.29, 1.82) is 0 Å². The van der Waals surface area contributed by atoms with Crippen LogP contribution in [0.3, 0.4) is 0 Å². The topological polar surface area (TPSA) is 175 Å². The van der Waals surface area contributed by atoms with Gasteiger partial charge in [0.25, 0.3) is 0 Å². The van der Waals surface area contributed by atoms with Crippen LogP contribution in [0.5, 0.6) is 0 Å². The maximum absolute atomic E-state index is 13.1. The third kappa shape index (κ3) is 39.9. The Morgan fingerprint density at radius 2 is 0.863 bits per heavy atom. The van der Waals surface area contributed by atoms with Crippen molar-refractivity contribution >= 4 is 23.9 Å². The highest BCUT2D eigenvalue weighted by Gasteiger charge is 2.50. The molecule has 1 fully saturated rings. The van der Waals surface area contributed by atoms with E-state index in [-0.39, 0.29) is 25.9 Å². The summed E-state index contributed by atoms with van der Waals surface area (Å²) < 4.78 is 28.4. The van der Waals surface area contributed by atoms with Crippen molar-refractivity contribution in [2.45, 2.75) is 314 Å². The standard InChI is InChI=1S/C61H108O12/c1-4-7-10-13-16-19-22-25-26-27-28-31-32-35-38-41-44-47-53(62)69-50-52(71-54(63)48-45-42-39-36-33-29-23-20-17-14-11-8-5-2)51-70-61-59(57(66)56(65)58(73-61)60(67)68)72-55(64)49-46-43-40-37-34-30-24-21-18-15-12-9-6-3/h9,12,18,21,30,34,52,56-59,61,65-66H,4-8,10-11,13-17,19-20,22-29,31-33,35-51H2,1-3H3,(H,67,68)/b12-9-,21-18-,34-30-. The number of allylic oxidation sites excluding steroid dienone is 6. The number of carbonyl (C=O) groups excluding carboxylic acids is 3. The first-order valence-corrected chi connectivity index (χ1v) is 30.0. The molecular formula is C61H108O12. The lowest BCUT2D eigenvalue weighted by Crippen LogP contribution is -2.61. The molecule has 0 aliphatic carbocycles. The maximum Gasteiger partial charge on any atom is 0.335 e. The molecule has 6 atom stereocenters. The summed E-state index contributed by atoms with van der Waals surface area (Å²) >= 11 is 0. The number of unbranched alkanes of at least 4 members (excludes halogenated alkanes) is 31. The van der Waals surface area contributed by atoms with E-state index in [1.807, 2.05) is 0 Å². The quantitative estimate of drug-likeness (QED) is 0.0228. The normalized spacial score (nSPS) is 18.5. The van der Waals surface area contributed by atoms with E-state index in [4.69, 9.17) is 23.7 Å². The molecule has 0 spiro atoms. The van der Waals surface area contributed by atoms with Crippen LogP contribution in [0, 0.1) is 0 Å². The van der Waals surface area contributed by atoms with Crippen molar-refractivity contribution < 1.29 is 58.2 Å². The van der Waals surface area contributed by atoms with Gasteiger partial charge >= 0.3 is 23.9 Å². The predicted molar refractivity (Wildman–Crippen MR) is 294 cm³/mol. The number of carboxylic acids is 1. The summed E-state index contributed by atoms with van der Waals surface area (Å²) in [5.74, 6) is -3.13. The molecule has 0 bridgehead atoms. The summed E-state index contributed by atoms with van der Waals surface area (Å²) in [5, 5.41) is 31.4. The second kappa shape index (κ2) is 49.8. The van der Waals surface area contributed by atoms with Crippen LogP contribution in [0.4, 0.5) is 0 Å². The van der Waals surface area contributed by atoms with Crippen molar-refractivity contribution in [3.05, 3.63) is 36.5 Å². The van der Waals surface area contributed by atoms with Crippen molar-refractivity contribution in [2.24, 2.45) is 0 Å². The van der Waals surface area contributed by atoms with E-state index in [9.17, 15) is 34.5 Å². The van der Waals surface area contributed by atoms with E-state index in [0.717, 1.165) is 77.0 Å². The summed E-state index contributed by atoms with van der Waals surface area (Å²) in [6, 6.07) is 0. The van der Waals surface area contributed by atoms with Gasteiger partial charge < -0.3 is 39.0 Å². The molecule has 12 nitrogen and oxygen atoms in total. The van der Waals surface area contributed by atoms with Gasteiger partial charge in [-0.3, -0.25) is 14.4 Å². The molecule has 1 aliphatic rings. The number of carbonyl (C=O) groups is 4. The molecule has 1 aliphatic heterocycles. The molecular weight excluding hydrogens is 925 g/mol. The minimum atomic E-state index is -1.91. The summed E-state index contributed by atoms with van der Waals surface area (Å²) in [6.07, 6.45) is 45.5. The minimum Gasteiger partial charge on any atom is -0.479 e. The molecule has 0 aromatic carbocycles. The van der Waals surface area contributed by atoms with E-state index in [2.05, 4.69) is 57.2 Å². The van der Waals surface area contributed by atoms with Gasteiger partial charge in [0.05, 0.1) is 6.61 Å². The Morgan fingerprint density at radius 1 is 0.466 bits per heavy atom. The lowest BCUT2D eigenvalue weighted by molar-refractivity contribution is -0.301. The van der Waals surface area contributed by atoms with Gasteiger partial charge in [0, 0.05) is 19.3 Å². The summed E-state index contributed by atoms with van der Waals surface area (Å²) in [4.78, 5) is 51.1. The molecule has 3 N–H and O–H groups in total. The Labute approximate surface area is 444 Å². The summed E-state index contributed by atoms with van der Waals surface area (Å²) in [5.41, 5.74) is 0. The van der Waals surface area contributed by atoms with Crippen LogP contribution in [0.1, 0.15) is 278 Å². The number of carboxylic acid groups (broad SMARTS) is 1. The zero-order valence-corrected chi connectivity index (χ0v) is 46.6. The largest absolute Gasteiger partial charge is 0.479 e. The van der Waals surface area contributed by atoms with E-state index in [0.29, 0.717) is 19.3 Å². The van der Waals surface area contributed by atoms with Gasteiger partial charge in [-0.2, -0.15) is 0 Å². The number of hydrogen-bond acceptors (Lipinski definition) is 11. The Kier molecular flexibility index (Phi) is 46.4. The lowest BCUT2D eigenvalue weighted by Gasteiger charge is -2.40. The SMILES string of the molecule is CC/C=C\C/C=C\C/C=C\CCCCCC(=O)OC1C(OCC(COC(=O)CCCCCCCCCCCCCCCCCCC)OC(=O)CCCCCCCCCCCCCCC)OC(C(=O)O)C(O)C1O. The van der Waals surface area contributed by atoms with Crippen molar-refractivity contribution in [3.63, 3.8) is 0 Å². The summed E-state index contributed by atoms with van der Waals surface area (Å²) in [6.45, 7) is 5.89. The van der Waals surface area contributed by atoms with Gasteiger partial charge in [0.1, 0.15) is 18.8 Å². The highest BCUT2D eigenvalue weighted by Crippen LogP contribution is 2.26. The number of esters is 3. The molecule has 0 amide bonds. The molecule has 0 radical (unpaired) electrons. The Morgan fingerprint density at radius 3 is 1.32 bits per heavy atom. The fraction of sp³-hybridized carbons (Fsp3) is 0.836. The number of aliphatic hydroxyl groups is 2. The van der Waals surface area contributed by atoms with Gasteiger partial charge in [-0.05, 0) is 51.4 Å². The molecule has 0 aromatic rings. The van der Waals surface area contributed by atoms with Gasteiger partial charge in [0.15, 0.2) is 24.6 Å². The molecule has 73 heavy (non-hydrogen) atoms. The van der Waals surface area contributed by atoms with Crippen LogP contribution in [-0.2, 0) is 42.9 Å². The summed E-state index contributed by atoms with van der Waals surface area (Å²) in [7, 11) is 0. The van der Waals surface area contributed by atoms with Crippen molar-refractivity contribution in [3.8, 4) is 0 Å². The van der Waals surface area contributed by atoms with Crippen molar-refractivity contribution in [1.82, 2.24) is 0 Å². The Hall–Kier alpha value is -3.06. The molecule has 424 valence electrons. The van der Waals surface area contributed by atoms with Crippen LogP contribution in [0.15, 0.2) is 36.5 Å². The molecule has 6 unspecified atom stereocenters. The van der Waals surface area contributed by atoms with Gasteiger partial charge in [-0.1, -0.05) is 243 Å². The molecule has 0 saturated carbocycles. The zero-order chi connectivity index (χ0) is 53.3. The second-order valence-corrected chi connectivity index (χ2v) is 20.6. The highest BCUT2D eigenvalue weighted by molar-refractivity contribution is 5.74. The van der Waals surface area contributed by atoms with Crippen LogP contribution in [0.25, 0.3) is 0 Å². The first kappa shape index (κ1) is 68.0. The zero-order valence-electron chi connectivity index (χ0n) is 46.6. The Balaban J connectivity index is 2.68. The van der Waals surface area contributed by atoms with E-state index < -0.39 is 67.3 Å². The molecule has 1 saturated heterocycles. The number of aliphatic carboxylic acids is 1. The van der Waals surface area contributed by atoms with Crippen molar-refractivity contribution in [2.75, 3.05) is 13.2 Å². The van der Waals surface area contributed by atoms with Crippen LogP contribution < -0.4 is 0 Å². The molecule has 0 aromatic heterocycles. The lowest BCUT2D eigenvalue weighted by atomic mass is 9.98. The molecule has 12 heteroatoms. The fourth-order valence-electron chi connectivity index (χ4n) is 9.15. The first-order valence-electron chi connectivity index (χ1n) is 30.0. The van der Waals surface area contributed by atoms with Gasteiger partial charge in [-0.25, -0.2) is 4.79 Å². The third-order valence-corrected chi connectivity index (χ3v) is 13.7. The van der Waals surface area contributed by atoms with Crippen LogP contribution in [0.2, 0.25) is 0 Å². The Bertz CT molecular complexity index is 1410. The smallest absolute Gasteiger partial charge is 0.335 e. The maximum atomic E-state index is 13.1. The van der Waals surface area contributed by atoms with Crippen LogP contribution in [-0.4, -0.2) is 89.2 Å². The first-order chi connectivity index (χ1) is 35.6. The van der Waals surface area contributed by atoms with Gasteiger partial charge in [0.2, 0.25) is 0 Å². The van der Waals surface area contributed by atoms with E-state index in [1.54, 1.807) is 0 Å².